The fourth-order valence-corrected chi connectivity index (χ4v) is 9.36. The molecule has 1 aliphatic heterocycles. The number of hydrogen-bond acceptors (Lipinski definition) is 11. The fraction of sp³-hybridized carbons (Fsp3) is 0.250. The highest BCUT2D eigenvalue weighted by Gasteiger charge is 2.42. The molecular weight excluding hydrogens is 860 g/mol. The highest BCUT2D eigenvalue weighted by molar-refractivity contribution is 7.15. The van der Waals surface area contributed by atoms with E-state index in [9.17, 15) is 29.7 Å². The first-order chi connectivity index (χ1) is 32.0. The number of H-pyrrole nitrogens is 1. The molecule has 0 unspecified atom stereocenters. The number of amides is 1. The van der Waals surface area contributed by atoms with Gasteiger partial charge in [-0.2, -0.15) is 0 Å². The zero-order valence-electron chi connectivity index (χ0n) is 36.3. The van der Waals surface area contributed by atoms with Gasteiger partial charge in [-0.1, -0.05) is 84.9 Å². The predicted octanol–water partition coefficient (Wildman–Crippen LogP) is 7.55. The largest absolute Gasteiger partial charge is 0.506 e. The number of aromatic amines is 1. The van der Waals surface area contributed by atoms with Crippen LogP contribution in [0.5, 0.6) is 11.5 Å². The van der Waals surface area contributed by atoms with Gasteiger partial charge < -0.3 is 40.4 Å². The number of piperidine rings is 1. The Morgan fingerprint density at radius 2 is 1.64 bits per heavy atom. The van der Waals surface area contributed by atoms with Crippen LogP contribution in [0.15, 0.2) is 138 Å². The van der Waals surface area contributed by atoms with Crippen molar-refractivity contribution < 1.29 is 38.8 Å². The summed E-state index contributed by atoms with van der Waals surface area (Å²) in [5.74, 6) is -1.80. The van der Waals surface area contributed by atoms with Gasteiger partial charge in [-0.15, -0.1) is 11.3 Å². The Kier molecular flexibility index (Phi) is 14.4. The molecule has 0 spiro atoms. The van der Waals surface area contributed by atoms with Crippen LogP contribution >= 0.6 is 11.3 Å². The van der Waals surface area contributed by atoms with Crippen molar-refractivity contribution in [2.75, 3.05) is 33.4 Å². The number of aromatic hydroxyl groups is 1. The summed E-state index contributed by atoms with van der Waals surface area (Å²) < 4.78 is 26.9. The van der Waals surface area contributed by atoms with E-state index in [4.69, 9.17) is 9.47 Å². The lowest BCUT2D eigenvalue weighted by Crippen LogP contribution is -2.40. The van der Waals surface area contributed by atoms with E-state index < -0.39 is 29.4 Å². The monoisotopic (exact) mass is 910 g/mol. The van der Waals surface area contributed by atoms with Crippen LogP contribution in [0.2, 0.25) is 0 Å². The zero-order chi connectivity index (χ0) is 46.2. The minimum atomic E-state index is -2.07. The average molecular weight is 911 g/mol. The van der Waals surface area contributed by atoms with Gasteiger partial charge in [0, 0.05) is 52.0 Å². The molecular formula is C52H51FN4O8S. The number of hydrogen-bond donors (Lipinski definition) is 6. The molecule has 2 aromatic heterocycles. The van der Waals surface area contributed by atoms with E-state index in [1.165, 1.54) is 54.3 Å². The number of methoxy groups -OCH3 is 1. The number of carbonyl (C=O) groups is 2. The highest BCUT2D eigenvalue weighted by Crippen LogP contribution is 2.36. The van der Waals surface area contributed by atoms with Crippen molar-refractivity contribution in [2.45, 2.75) is 44.2 Å². The molecule has 2 atom stereocenters. The molecule has 3 heterocycles. The van der Waals surface area contributed by atoms with Crippen LogP contribution in [0, 0.1) is 11.7 Å². The molecule has 1 amide bonds. The van der Waals surface area contributed by atoms with Crippen molar-refractivity contribution in [1.82, 2.24) is 20.5 Å². The number of aliphatic hydroxyl groups excluding tert-OH is 1. The second-order valence-corrected chi connectivity index (χ2v) is 17.7. The Bertz CT molecular complexity index is 2870. The average Bonchev–Trinajstić information content (AvgIpc) is 3.83. The third-order valence-electron chi connectivity index (χ3n) is 12.1. The highest BCUT2D eigenvalue weighted by atomic mass is 32.1. The molecule has 12 nitrogen and oxygen atoms in total. The molecule has 5 aromatic carbocycles. The first-order valence-electron chi connectivity index (χ1n) is 21.8. The summed E-state index contributed by atoms with van der Waals surface area (Å²) in [6.07, 6.45) is 0.740. The van der Waals surface area contributed by atoms with Crippen LogP contribution in [0.25, 0.3) is 21.3 Å². The molecule has 6 N–H and O–H groups in total. The molecule has 0 bridgehead atoms. The number of aromatic nitrogens is 1. The summed E-state index contributed by atoms with van der Waals surface area (Å²) in [7, 11) is 1.42. The van der Waals surface area contributed by atoms with Crippen LogP contribution < -0.4 is 20.9 Å². The number of likely N-dealkylation sites (tertiary alicyclic amines) is 1. The summed E-state index contributed by atoms with van der Waals surface area (Å²) >= 11 is 1.41. The van der Waals surface area contributed by atoms with E-state index in [1.807, 2.05) is 42.5 Å². The number of benzene rings is 5. The van der Waals surface area contributed by atoms with Crippen molar-refractivity contribution in [1.29, 1.82) is 0 Å². The minimum Gasteiger partial charge on any atom is -0.506 e. The van der Waals surface area contributed by atoms with Gasteiger partial charge in [0.2, 0.25) is 11.2 Å². The number of halogens is 1. The number of ether oxygens (including phenoxy) is 2. The van der Waals surface area contributed by atoms with Crippen LogP contribution in [0.3, 0.4) is 0 Å². The van der Waals surface area contributed by atoms with Gasteiger partial charge in [0.15, 0.2) is 0 Å². The maximum Gasteiger partial charge on any atom is 0.347 e. The lowest BCUT2D eigenvalue weighted by molar-refractivity contribution is -0.164. The van der Waals surface area contributed by atoms with Crippen molar-refractivity contribution in [3.05, 3.63) is 188 Å². The number of esters is 1. The third kappa shape index (κ3) is 10.4. The fourth-order valence-electron chi connectivity index (χ4n) is 8.42. The number of carbonyl (C=O) groups excluding carboxylic acids is 2. The number of phenolic OH excluding ortho intramolecular Hbond substituents is 1. The number of aliphatic hydroxyl groups is 2. The molecule has 14 heteroatoms. The van der Waals surface area contributed by atoms with Crippen molar-refractivity contribution in [3.8, 4) is 21.9 Å². The number of pyridine rings is 1. The normalized spacial score (nSPS) is 14.7. The van der Waals surface area contributed by atoms with E-state index >= 15 is 4.39 Å². The lowest BCUT2D eigenvalue weighted by atomic mass is 9.85. The standard InChI is InChI=1S/C52H51FN4O8S/c1-64-46-27-42(43(53)26-36(46)28-54-30-45(59)40-16-18-44(58)49-41(40)17-20-48(60)56-49)50(61)55-29-39-15-19-47(66-39)35-11-8-14-38(25-35)52(63,37-12-6-3-7-13-37)51(62)65-32-34-21-23-57(24-22-34)31-33-9-4-2-5-10-33/h2-20,25-27,34,45,54,58-59,63H,21-24,28-32H2,1H3,(H,55,61)(H,56,60)/t45-,52-/m0/s1. The van der Waals surface area contributed by atoms with Gasteiger partial charge >= 0.3 is 5.97 Å². The quantitative estimate of drug-likeness (QED) is 0.0501. The number of nitrogens with zero attached hydrogens (tertiary/aromatic N) is 1. The van der Waals surface area contributed by atoms with Crippen LogP contribution in [-0.2, 0) is 34.8 Å². The van der Waals surface area contributed by atoms with Gasteiger partial charge in [-0.3, -0.25) is 14.5 Å². The van der Waals surface area contributed by atoms with Gasteiger partial charge in [-0.05, 0) is 96.6 Å². The summed E-state index contributed by atoms with van der Waals surface area (Å²) in [5, 5.41) is 39.8. The molecule has 340 valence electrons. The van der Waals surface area contributed by atoms with Crippen LogP contribution in [-0.4, -0.2) is 70.4 Å². The summed E-state index contributed by atoms with van der Waals surface area (Å²) in [6.45, 7) is 3.15. The van der Waals surface area contributed by atoms with Crippen molar-refractivity contribution >= 4 is 34.1 Å². The number of rotatable bonds is 17. The molecule has 1 fully saturated rings. The first-order valence-corrected chi connectivity index (χ1v) is 22.6. The molecule has 1 aliphatic rings. The number of thiophene rings is 1. The molecule has 0 radical (unpaired) electrons. The van der Waals surface area contributed by atoms with E-state index in [-0.39, 0.29) is 60.3 Å². The van der Waals surface area contributed by atoms with E-state index in [2.05, 4.69) is 32.7 Å². The van der Waals surface area contributed by atoms with Crippen molar-refractivity contribution in [3.63, 3.8) is 0 Å². The third-order valence-corrected chi connectivity index (χ3v) is 13.2. The maximum absolute atomic E-state index is 15.5. The Balaban J connectivity index is 0.885. The molecule has 66 heavy (non-hydrogen) atoms. The molecule has 0 saturated carbocycles. The maximum atomic E-state index is 15.5. The SMILES string of the molecule is COc1cc(C(=O)NCc2ccc(-c3cccc([C@](O)(C(=O)OCC4CCN(Cc5ccccc5)CC4)c4ccccc4)c3)s2)c(F)cc1CNC[C@H](O)c1ccc(O)c2[nH]c(=O)ccc12. The Labute approximate surface area is 385 Å². The molecule has 1 saturated heterocycles. The Morgan fingerprint density at radius 1 is 0.894 bits per heavy atom. The smallest absolute Gasteiger partial charge is 0.347 e. The van der Waals surface area contributed by atoms with E-state index in [0.29, 0.717) is 27.6 Å². The van der Waals surface area contributed by atoms with Crippen LogP contribution in [0.1, 0.15) is 62.0 Å². The lowest BCUT2D eigenvalue weighted by Gasteiger charge is -2.33. The zero-order valence-corrected chi connectivity index (χ0v) is 37.2. The number of phenols is 1. The van der Waals surface area contributed by atoms with Gasteiger partial charge in [-0.25, -0.2) is 9.18 Å². The molecule has 0 aliphatic carbocycles. The van der Waals surface area contributed by atoms with Crippen LogP contribution in [0.4, 0.5) is 4.39 Å². The predicted molar refractivity (Wildman–Crippen MR) is 252 cm³/mol. The van der Waals surface area contributed by atoms with E-state index in [1.54, 1.807) is 48.5 Å². The summed E-state index contributed by atoms with van der Waals surface area (Å²) in [5.41, 5.74) is 1.24. The Hall–Kier alpha value is -6.68. The summed E-state index contributed by atoms with van der Waals surface area (Å²) in [6, 6.07) is 38.4. The minimum absolute atomic E-state index is 0.0511. The van der Waals surface area contributed by atoms with Gasteiger partial charge in [0.05, 0.1) is 37.4 Å². The second-order valence-electron chi connectivity index (χ2n) is 16.5. The topological polar surface area (TPSA) is 173 Å². The van der Waals surface area contributed by atoms with Gasteiger partial charge in [0.25, 0.3) is 5.91 Å². The molecule has 7 aromatic rings. The van der Waals surface area contributed by atoms with Gasteiger partial charge in [0.1, 0.15) is 17.3 Å². The van der Waals surface area contributed by atoms with E-state index in [0.717, 1.165) is 47.8 Å². The second kappa shape index (κ2) is 20.7. The molecule has 8 rings (SSSR count). The number of fused-ring (bicyclic) bond motifs is 1. The Morgan fingerprint density at radius 3 is 2.39 bits per heavy atom. The number of nitrogens with one attached hydrogen (secondary N) is 3. The first kappa shape index (κ1) is 45.9. The van der Waals surface area contributed by atoms with Crippen molar-refractivity contribution in [2.24, 2.45) is 5.92 Å². The summed E-state index contributed by atoms with van der Waals surface area (Å²) in [4.78, 5) is 45.7.